The van der Waals surface area contributed by atoms with Gasteiger partial charge in [0.1, 0.15) is 12.1 Å². The Kier molecular flexibility index (Phi) is 8.92. The van der Waals surface area contributed by atoms with Crippen LogP contribution in [0.3, 0.4) is 0 Å². The van der Waals surface area contributed by atoms with Crippen molar-refractivity contribution in [1.82, 2.24) is 15.6 Å². The molecule has 12 heteroatoms. The number of benzene rings is 1. The Labute approximate surface area is 188 Å². The number of aromatic amines is 1. The molecular formula is C21H26N4O8. The third-order valence-corrected chi connectivity index (χ3v) is 5.00. The summed E-state index contributed by atoms with van der Waals surface area (Å²) in [6.07, 6.45) is 0.251. The lowest BCUT2D eigenvalue weighted by Crippen LogP contribution is -2.55. The van der Waals surface area contributed by atoms with Crippen molar-refractivity contribution in [2.75, 3.05) is 0 Å². The minimum Gasteiger partial charge on any atom is -0.481 e. The van der Waals surface area contributed by atoms with Gasteiger partial charge in [0.25, 0.3) is 0 Å². The van der Waals surface area contributed by atoms with E-state index in [-0.39, 0.29) is 25.7 Å². The van der Waals surface area contributed by atoms with Crippen LogP contribution in [0.2, 0.25) is 0 Å². The number of aromatic nitrogens is 1. The SMILES string of the molecule is N[C@@H](CCC(=O)O)C(=O)N[C@@H](CCC(=O)O)C(=O)N[C@@H](Cc1c[nH]c2ccccc12)C(=O)O. The van der Waals surface area contributed by atoms with Gasteiger partial charge in [-0.15, -0.1) is 0 Å². The first kappa shape index (κ1) is 25.3. The van der Waals surface area contributed by atoms with Gasteiger partial charge in [-0.3, -0.25) is 19.2 Å². The molecule has 0 aliphatic carbocycles. The van der Waals surface area contributed by atoms with E-state index in [1.54, 1.807) is 18.3 Å². The first-order valence-corrected chi connectivity index (χ1v) is 10.2. The van der Waals surface area contributed by atoms with Crippen LogP contribution in [0.15, 0.2) is 30.5 Å². The van der Waals surface area contributed by atoms with E-state index in [9.17, 15) is 29.1 Å². The van der Waals surface area contributed by atoms with Gasteiger partial charge in [0.15, 0.2) is 0 Å². The Hall–Kier alpha value is -3.93. The molecule has 3 atom stereocenters. The van der Waals surface area contributed by atoms with Crippen LogP contribution in [-0.4, -0.2) is 68.2 Å². The summed E-state index contributed by atoms with van der Waals surface area (Å²) in [6, 6.07) is 3.28. The Morgan fingerprint density at radius 3 is 2.12 bits per heavy atom. The summed E-state index contributed by atoms with van der Waals surface area (Å²) >= 11 is 0. The van der Waals surface area contributed by atoms with Crippen molar-refractivity contribution < 1.29 is 39.3 Å². The summed E-state index contributed by atoms with van der Waals surface area (Å²) < 4.78 is 0. The number of carbonyl (C=O) groups excluding carboxylic acids is 2. The summed E-state index contributed by atoms with van der Waals surface area (Å²) in [5, 5.41) is 32.7. The quantitative estimate of drug-likeness (QED) is 0.210. The lowest BCUT2D eigenvalue weighted by molar-refractivity contribution is -0.143. The number of nitrogens with two attached hydrogens (primary N) is 1. The van der Waals surface area contributed by atoms with Crippen LogP contribution in [0.25, 0.3) is 10.9 Å². The normalized spacial score (nSPS) is 13.6. The number of aliphatic carboxylic acids is 3. The predicted octanol–water partition coefficient (Wildman–Crippen LogP) is -0.178. The molecule has 2 rings (SSSR count). The van der Waals surface area contributed by atoms with Crippen molar-refractivity contribution in [1.29, 1.82) is 0 Å². The number of carboxylic acids is 3. The van der Waals surface area contributed by atoms with Crippen LogP contribution in [-0.2, 0) is 30.4 Å². The van der Waals surface area contributed by atoms with Gasteiger partial charge in [-0.05, 0) is 24.5 Å². The Bertz CT molecular complexity index is 1030. The molecule has 2 aromatic rings. The van der Waals surface area contributed by atoms with Crippen molar-refractivity contribution in [2.24, 2.45) is 5.73 Å². The van der Waals surface area contributed by atoms with E-state index in [0.717, 1.165) is 10.9 Å². The number of carbonyl (C=O) groups is 5. The van der Waals surface area contributed by atoms with E-state index < -0.39 is 54.3 Å². The van der Waals surface area contributed by atoms with E-state index in [2.05, 4.69) is 15.6 Å². The van der Waals surface area contributed by atoms with Crippen LogP contribution in [0, 0.1) is 0 Å². The number of para-hydroxylation sites is 1. The standard InChI is InChI=1S/C21H26N4O8/c22-13(5-7-17(26)27)19(30)24-15(6-8-18(28)29)20(31)25-16(21(32)33)9-11-10-23-14-4-2-1-3-12(11)14/h1-4,10,13,15-16,23H,5-9,22H2,(H,24,30)(H,25,31)(H,26,27)(H,28,29)(H,32,33)/t13-,15-,16-/m0/s1. The summed E-state index contributed by atoms with van der Waals surface area (Å²) in [5.74, 6) is -5.41. The first-order valence-electron chi connectivity index (χ1n) is 10.2. The number of amides is 2. The van der Waals surface area contributed by atoms with Crippen LogP contribution >= 0.6 is 0 Å². The lowest BCUT2D eigenvalue weighted by atomic mass is 10.0. The summed E-state index contributed by atoms with van der Waals surface area (Å²) in [7, 11) is 0. The van der Waals surface area contributed by atoms with E-state index in [1.165, 1.54) is 0 Å². The Morgan fingerprint density at radius 1 is 0.879 bits per heavy atom. The molecule has 0 spiro atoms. The van der Waals surface area contributed by atoms with Crippen molar-refractivity contribution in [2.45, 2.75) is 50.2 Å². The molecule has 1 aromatic heterocycles. The average Bonchev–Trinajstić information content (AvgIpc) is 3.16. The summed E-state index contributed by atoms with van der Waals surface area (Å²) in [5.41, 5.74) is 7.09. The highest BCUT2D eigenvalue weighted by Gasteiger charge is 2.29. The minimum atomic E-state index is -1.37. The molecule has 0 aliphatic rings. The molecule has 1 aromatic carbocycles. The molecule has 8 N–H and O–H groups in total. The molecule has 0 bridgehead atoms. The minimum absolute atomic E-state index is 0.0528. The molecular weight excluding hydrogens is 436 g/mol. The maximum atomic E-state index is 12.8. The molecule has 0 fully saturated rings. The van der Waals surface area contributed by atoms with Gasteiger partial charge in [-0.1, -0.05) is 18.2 Å². The monoisotopic (exact) mass is 462 g/mol. The molecule has 0 saturated heterocycles. The molecule has 0 aliphatic heterocycles. The zero-order valence-corrected chi connectivity index (χ0v) is 17.6. The molecule has 178 valence electrons. The van der Waals surface area contributed by atoms with Crippen molar-refractivity contribution in [3.63, 3.8) is 0 Å². The average molecular weight is 462 g/mol. The van der Waals surface area contributed by atoms with Gasteiger partial charge in [0, 0.05) is 36.4 Å². The van der Waals surface area contributed by atoms with Crippen molar-refractivity contribution in [3.8, 4) is 0 Å². The van der Waals surface area contributed by atoms with E-state index in [4.69, 9.17) is 15.9 Å². The molecule has 0 radical (unpaired) electrons. The van der Waals surface area contributed by atoms with Gasteiger partial charge in [-0.2, -0.15) is 0 Å². The number of carboxylic acid groups (broad SMARTS) is 3. The second-order valence-electron chi connectivity index (χ2n) is 7.50. The molecule has 0 unspecified atom stereocenters. The number of rotatable bonds is 13. The van der Waals surface area contributed by atoms with E-state index in [1.807, 2.05) is 12.1 Å². The summed E-state index contributed by atoms with van der Waals surface area (Å²) in [4.78, 5) is 61.4. The highest BCUT2D eigenvalue weighted by atomic mass is 16.4. The smallest absolute Gasteiger partial charge is 0.326 e. The molecule has 0 saturated carbocycles. The third kappa shape index (κ3) is 7.61. The van der Waals surface area contributed by atoms with Gasteiger partial charge >= 0.3 is 17.9 Å². The highest BCUT2D eigenvalue weighted by molar-refractivity contribution is 5.92. The van der Waals surface area contributed by atoms with Crippen molar-refractivity contribution in [3.05, 3.63) is 36.0 Å². The third-order valence-electron chi connectivity index (χ3n) is 5.00. The maximum Gasteiger partial charge on any atom is 0.326 e. The van der Waals surface area contributed by atoms with Gasteiger partial charge in [-0.25, -0.2) is 4.79 Å². The predicted molar refractivity (Wildman–Crippen MR) is 115 cm³/mol. The lowest BCUT2D eigenvalue weighted by Gasteiger charge is -2.22. The fraction of sp³-hybridized carbons (Fsp3) is 0.381. The van der Waals surface area contributed by atoms with Crippen LogP contribution < -0.4 is 16.4 Å². The first-order chi connectivity index (χ1) is 15.6. The van der Waals surface area contributed by atoms with Crippen LogP contribution in [0.1, 0.15) is 31.2 Å². The molecule has 2 amide bonds. The maximum absolute atomic E-state index is 12.8. The Morgan fingerprint density at radius 2 is 1.48 bits per heavy atom. The number of H-pyrrole nitrogens is 1. The van der Waals surface area contributed by atoms with E-state index in [0.29, 0.717) is 5.56 Å². The zero-order valence-electron chi connectivity index (χ0n) is 17.6. The van der Waals surface area contributed by atoms with Crippen LogP contribution in [0.5, 0.6) is 0 Å². The molecule has 33 heavy (non-hydrogen) atoms. The van der Waals surface area contributed by atoms with Gasteiger partial charge in [0.05, 0.1) is 6.04 Å². The van der Waals surface area contributed by atoms with Crippen LogP contribution in [0.4, 0.5) is 0 Å². The zero-order chi connectivity index (χ0) is 24.5. The Balaban J connectivity index is 2.11. The number of nitrogens with one attached hydrogen (secondary N) is 3. The van der Waals surface area contributed by atoms with Gasteiger partial charge in [0.2, 0.25) is 11.8 Å². The molecule has 1 heterocycles. The summed E-state index contributed by atoms with van der Waals surface area (Å²) in [6.45, 7) is 0. The largest absolute Gasteiger partial charge is 0.481 e. The van der Waals surface area contributed by atoms with Gasteiger partial charge < -0.3 is 36.7 Å². The van der Waals surface area contributed by atoms with E-state index >= 15 is 0 Å². The second-order valence-corrected chi connectivity index (χ2v) is 7.50. The highest BCUT2D eigenvalue weighted by Crippen LogP contribution is 2.19. The fourth-order valence-electron chi connectivity index (χ4n) is 3.22. The second kappa shape index (κ2) is 11.6. The number of hydrogen-bond acceptors (Lipinski definition) is 6. The number of fused-ring (bicyclic) bond motifs is 1. The fourth-order valence-corrected chi connectivity index (χ4v) is 3.22. The van der Waals surface area contributed by atoms with Crippen molar-refractivity contribution >= 4 is 40.6 Å². The molecule has 12 nitrogen and oxygen atoms in total. The topological polar surface area (TPSA) is 212 Å². The number of hydrogen-bond donors (Lipinski definition) is 7.